The molecule has 0 fully saturated rings. The predicted octanol–water partition coefficient (Wildman–Crippen LogP) is 4.82. The number of carbonyl (C=O) groups excluding carboxylic acids is 1. The Kier molecular flexibility index (Phi) is 7.36. The third-order valence-corrected chi connectivity index (χ3v) is 5.29. The maximum atomic E-state index is 11.4. The van der Waals surface area contributed by atoms with Gasteiger partial charge in [-0.05, 0) is 32.0 Å². The van der Waals surface area contributed by atoms with Crippen LogP contribution in [0.15, 0.2) is 36.5 Å². The number of methoxy groups -OCH3 is 1. The fourth-order valence-electron chi connectivity index (χ4n) is 3.54. The number of Topliss-reactive ketones (excluding diaryl/α,β-unsaturated/α-hetero) is 1. The zero-order valence-electron chi connectivity index (χ0n) is 17.5. The van der Waals surface area contributed by atoms with E-state index < -0.39 is 0 Å². The van der Waals surface area contributed by atoms with Gasteiger partial charge in [-0.15, -0.1) is 0 Å². The third kappa shape index (κ3) is 5.21. The molecule has 1 atom stereocenters. The topological polar surface area (TPSA) is 79.9 Å². The Morgan fingerprint density at radius 1 is 1.24 bits per heavy atom. The summed E-state index contributed by atoms with van der Waals surface area (Å²) in [4.78, 5) is 24.1. The van der Waals surface area contributed by atoms with E-state index in [0.717, 1.165) is 53.7 Å². The van der Waals surface area contributed by atoms with E-state index in [2.05, 4.69) is 26.3 Å². The zero-order valence-corrected chi connectivity index (χ0v) is 17.5. The van der Waals surface area contributed by atoms with Crippen LogP contribution < -0.4 is 10.1 Å². The molecule has 6 nitrogen and oxygen atoms in total. The van der Waals surface area contributed by atoms with Crippen molar-refractivity contribution in [3.8, 4) is 17.1 Å². The Bertz CT molecular complexity index is 951. The van der Waals surface area contributed by atoms with Crippen molar-refractivity contribution in [2.45, 2.75) is 51.5 Å². The maximum Gasteiger partial charge on any atom is 0.223 e. The van der Waals surface area contributed by atoms with Crippen LogP contribution in [-0.4, -0.2) is 34.9 Å². The van der Waals surface area contributed by atoms with E-state index in [1.54, 1.807) is 7.11 Å². The summed E-state index contributed by atoms with van der Waals surface area (Å²) in [5, 5.41) is 4.41. The normalized spacial score (nSPS) is 12.2. The summed E-state index contributed by atoms with van der Waals surface area (Å²) in [6.07, 6.45) is 7.22. The van der Waals surface area contributed by atoms with Crippen LogP contribution >= 0.6 is 0 Å². The fourth-order valence-corrected chi connectivity index (χ4v) is 3.54. The molecule has 0 bridgehead atoms. The molecule has 2 heterocycles. The minimum atomic E-state index is 0.144. The number of rotatable bonds is 11. The van der Waals surface area contributed by atoms with Crippen molar-refractivity contribution in [2.24, 2.45) is 0 Å². The summed E-state index contributed by atoms with van der Waals surface area (Å²) in [6, 6.07) is 10.2. The lowest BCUT2D eigenvalue weighted by atomic mass is 10.0. The third-order valence-electron chi connectivity index (χ3n) is 5.29. The fraction of sp³-hybridized carbons (Fsp3) is 0.435. The smallest absolute Gasteiger partial charge is 0.223 e. The van der Waals surface area contributed by atoms with Crippen LogP contribution in [0.4, 0.5) is 0 Å². The minimum Gasteiger partial charge on any atom is -0.480 e. The molecule has 0 aliphatic rings. The molecule has 3 aromatic rings. The summed E-state index contributed by atoms with van der Waals surface area (Å²) >= 11 is 0. The molecule has 0 unspecified atom stereocenters. The number of nitrogens with one attached hydrogen (secondary N) is 2. The van der Waals surface area contributed by atoms with Gasteiger partial charge in [-0.2, -0.15) is 0 Å². The van der Waals surface area contributed by atoms with Gasteiger partial charge in [0, 0.05) is 18.2 Å². The van der Waals surface area contributed by atoms with Crippen molar-refractivity contribution in [3.05, 3.63) is 42.4 Å². The van der Waals surface area contributed by atoms with E-state index >= 15 is 0 Å². The van der Waals surface area contributed by atoms with Crippen LogP contribution in [0.3, 0.4) is 0 Å². The first-order chi connectivity index (χ1) is 14.2. The molecule has 0 aliphatic carbocycles. The number of aromatic nitrogens is 3. The van der Waals surface area contributed by atoms with E-state index in [-0.39, 0.29) is 6.04 Å². The average Bonchev–Trinajstić information content (AvgIpc) is 3.24. The summed E-state index contributed by atoms with van der Waals surface area (Å²) in [5.74, 6) is 1.84. The summed E-state index contributed by atoms with van der Waals surface area (Å²) in [5.41, 5.74) is 2.70. The molecular weight excluding hydrogens is 364 g/mol. The standard InChI is InChI=1S/C23H30N4O2/c1-4-17(28)11-6-5-7-13-20(24-2)22-25-15-21(26-22)18-14-16-10-8-9-12-19(16)27-23(18)29-3/h8-10,12,14-15,20,24H,4-7,11,13H2,1-3H3,(H,25,26)/t20-/m0/s1. The molecule has 0 saturated carbocycles. The van der Waals surface area contributed by atoms with Crippen LogP contribution in [0.2, 0.25) is 0 Å². The van der Waals surface area contributed by atoms with Gasteiger partial charge in [-0.3, -0.25) is 4.79 Å². The number of imidazole rings is 1. The number of pyridine rings is 1. The SMILES string of the molecule is CCC(=O)CCCCC[C@H](NC)c1ncc(-c2cc3ccccc3nc2OC)[nH]1. The number of benzene rings is 1. The number of H-pyrrole nitrogens is 1. The number of ether oxygens (including phenoxy) is 1. The van der Waals surface area contributed by atoms with E-state index in [1.165, 1.54) is 0 Å². The number of ketones is 1. The number of hydrogen-bond acceptors (Lipinski definition) is 5. The van der Waals surface area contributed by atoms with Crippen molar-refractivity contribution in [3.63, 3.8) is 0 Å². The van der Waals surface area contributed by atoms with Crippen LogP contribution in [0.25, 0.3) is 22.2 Å². The first-order valence-corrected chi connectivity index (χ1v) is 10.3. The number of fused-ring (bicyclic) bond motifs is 1. The van der Waals surface area contributed by atoms with Gasteiger partial charge in [0.15, 0.2) is 0 Å². The van der Waals surface area contributed by atoms with Gasteiger partial charge < -0.3 is 15.0 Å². The number of carbonyl (C=O) groups is 1. The molecule has 0 saturated heterocycles. The van der Waals surface area contributed by atoms with Crippen molar-refractivity contribution in [1.29, 1.82) is 0 Å². The van der Waals surface area contributed by atoms with Crippen LogP contribution in [0, 0.1) is 0 Å². The van der Waals surface area contributed by atoms with E-state index in [1.807, 2.05) is 44.4 Å². The number of para-hydroxylation sites is 1. The number of hydrogen-bond donors (Lipinski definition) is 2. The molecule has 3 rings (SSSR count). The second-order valence-electron chi connectivity index (χ2n) is 7.25. The van der Waals surface area contributed by atoms with Gasteiger partial charge in [-0.25, -0.2) is 9.97 Å². The molecule has 29 heavy (non-hydrogen) atoms. The van der Waals surface area contributed by atoms with Gasteiger partial charge >= 0.3 is 0 Å². The van der Waals surface area contributed by atoms with Gasteiger partial charge in [0.1, 0.15) is 11.6 Å². The minimum absolute atomic E-state index is 0.144. The highest BCUT2D eigenvalue weighted by molar-refractivity contribution is 5.85. The number of nitrogens with zero attached hydrogens (tertiary/aromatic N) is 2. The molecule has 0 spiro atoms. The second kappa shape index (κ2) is 10.2. The molecule has 2 N–H and O–H groups in total. The molecule has 2 aromatic heterocycles. The number of unbranched alkanes of at least 4 members (excludes halogenated alkanes) is 2. The first kappa shape index (κ1) is 21.0. The maximum absolute atomic E-state index is 11.4. The Balaban J connectivity index is 1.70. The Hall–Kier alpha value is -2.73. The highest BCUT2D eigenvalue weighted by Crippen LogP contribution is 2.31. The van der Waals surface area contributed by atoms with Crippen molar-refractivity contribution >= 4 is 16.7 Å². The quantitative estimate of drug-likeness (QED) is 0.456. The summed E-state index contributed by atoms with van der Waals surface area (Å²) in [6.45, 7) is 1.92. The Morgan fingerprint density at radius 2 is 2.07 bits per heavy atom. The van der Waals surface area contributed by atoms with Crippen LogP contribution in [0.5, 0.6) is 5.88 Å². The van der Waals surface area contributed by atoms with Gasteiger partial charge in [0.25, 0.3) is 0 Å². The lowest BCUT2D eigenvalue weighted by Gasteiger charge is -2.13. The molecule has 0 radical (unpaired) electrons. The Morgan fingerprint density at radius 3 is 2.83 bits per heavy atom. The van der Waals surface area contributed by atoms with E-state index in [9.17, 15) is 4.79 Å². The average molecular weight is 395 g/mol. The predicted molar refractivity (Wildman–Crippen MR) is 116 cm³/mol. The number of aromatic amines is 1. The van der Waals surface area contributed by atoms with Crippen LogP contribution in [-0.2, 0) is 4.79 Å². The molecule has 0 amide bonds. The summed E-state index contributed by atoms with van der Waals surface area (Å²) < 4.78 is 5.52. The van der Waals surface area contributed by atoms with E-state index in [4.69, 9.17) is 4.74 Å². The van der Waals surface area contributed by atoms with Crippen LogP contribution in [0.1, 0.15) is 57.3 Å². The highest BCUT2D eigenvalue weighted by Gasteiger charge is 2.16. The lowest BCUT2D eigenvalue weighted by molar-refractivity contribution is -0.118. The lowest BCUT2D eigenvalue weighted by Crippen LogP contribution is -2.17. The molecule has 154 valence electrons. The zero-order chi connectivity index (χ0) is 20.6. The van der Waals surface area contributed by atoms with Crippen molar-refractivity contribution < 1.29 is 9.53 Å². The highest BCUT2D eigenvalue weighted by atomic mass is 16.5. The Labute approximate surface area is 172 Å². The van der Waals surface area contributed by atoms with Crippen molar-refractivity contribution in [2.75, 3.05) is 14.2 Å². The van der Waals surface area contributed by atoms with E-state index in [0.29, 0.717) is 24.5 Å². The second-order valence-corrected chi connectivity index (χ2v) is 7.25. The molecule has 0 aliphatic heterocycles. The molecule has 6 heteroatoms. The molecule has 1 aromatic carbocycles. The van der Waals surface area contributed by atoms with Gasteiger partial charge in [-0.1, -0.05) is 38.0 Å². The van der Waals surface area contributed by atoms with Gasteiger partial charge in [0.2, 0.25) is 5.88 Å². The van der Waals surface area contributed by atoms with Crippen molar-refractivity contribution in [1.82, 2.24) is 20.3 Å². The summed E-state index contributed by atoms with van der Waals surface area (Å²) in [7, 11) is 3.59. The monoisotopic (exact) mass is 394 g/mol. The van der Waals surface area contributed by atoms with Gasteiger partial charge in [0.05, 0.1) is 36.1 Å². The first-order valence-electron chi connectivity index (χ1n) is 10.3. The largest absolute Gasteiger partial charge is 0.480 e. The molecular formula is C23H30N4O2.